The van der Waals surface area contributed by atoms with Crippen molar-refractivity contribution < 1.29 is 8.78 Å². The molecule has 0 saturated heterocycles. The zero-order chi connectivity index (χ0) is 14.4. The number of nitrogens with one attached hydrogen (secondary N) is 1. The molecule has 19 heavy (non-hydrogen) atoms. The average Bonchev–Trinajstić information content (AvgIpc) is 2.43. The highest BCUT2D eigenvalue weighted by atomic mass is 19.2. The van der Waals surface area contributed by atoms with Gasteiger partial charge < -0.3 is 4.90 Å². The molecule has 0 aromatic heterocycles. The third-order valence-electron chi connectivity index (χ3n) is 3.51. The van der Waals surface area contributed by atoms with Gasteiger partial charge in [0.2, 0.25) is 0 Å². The van der Waals surface area contributed by atoms with Crippen molar-refractivity contribution in [3.05, 3.63) is 34.9 Å². The summed E-state index contributed by atoms with van der Waals surface area (Å²) >= 11 is 0. The fraction of sp³-hybridized carbons (Fsp3) is 0.571. The summed E-state index contributed by atoms with van der Waals surface area (Å²) in [6, 6.07) is 2.80. The molecule has 1 aromatic rings. The van der Waals surface area contributed by atoms with Crippen molar-refractivity contribution in [2.24, 2.45) is 5.84 Å². The Morgan fingerprint density at radius 3 is 2.37 bits per heavy atom. The molecule has 3 N–H and O–H groups in total. The number of hydrazine groups is 1. The summed E-state index contributed by atoms with van der Waals surface area (Å²) in [6.07, 6.45) is 0.637. The SMILES string of the molecule is CCN(CC)CCC(NN)c1ccc(C)c(F)c1F. The van der Waals surface area contributed by atoms with Crippen LogP contribution in [0.5, 0.6) is 0 Å². The topological polar surface area (TPSA) is 41.3 Å². The second kappa shape index (κ2) is 7.53. The molecule has 3 nitrogen and oxygen atoms in total. The first-order chi connectivity index (χ1) is 9.04. The molecule has 1 atom stereocenters. The van der Waals surface area contributed by atoms with Crippen LogP contribution in [-0.2, 0) is 0 Å². The number of halogens is 2. The Morgan fingerprint density at radius 1 is 1.21 bits per heavy atom. The van der Waals surface area contributed by atoms with Crippen LogP contribution in [0.25, 0.3) is 0 Å². The van der Waals surface area contributed by atoms with E-state index in [2.05, 4.69) is 24.2 Å². The number of aryl methyl sites for hydroxylation is 1. The molecule has 0 heterocycles. The quantitative estimate of drug-likeness (QED) is 0.591. The monoisotopic (exact) mass is 271 g/mol. The summed E-state index contributed by atoms with van der Waals surface area (Å²) in [6.45, 7) is 8.33. The van der Waals surface area contributed by atoms with E-state index in [0.29, 0.717) is 12.0 Å². The molecule has 0 aliphatic carbocycles. The number of nitrogens with two attached hydrogens (primary N) is 1. The minimum absolute atomic E-state index is 0.290. The first-order valence-electron chi connectivity index (χ1n) is 6.68. The summed E-state index contributed by atoms with van der Waals surface area (Å²) in [7, 11) is 0. The first-order valence-corrected chi connectivity index (χ1v) is 6.68. The van der Waals surface area contributed by atoms with E-state index in [1.165, 1.54) is 0 Å². The molecule has 1 rings (SSSR count). The second-order valence-electron chi connectivity index (χ2n) is 4.63. The van der Waals surface area contributed by atoms with Crippen molar-refractivity contribution in [2.45, 2.75) is 33.2 Å². The molecule has 0 bridgehead atoms. The lowest BCUT2D eigenvalue weighted by molar-refractivity contribution is 0.280. The number of nitrogens with zero attached hydrogens (tertiary/aromatic N) is 1. The largest absolute Gasteiger partial charge is 0.304 e. The second-order valence-corrected chi connectivity index (χ2v) is 4.63. The van der Waals surface area contributed by atoms with Gasteiger partial charge in [0.05, 0.1) is 6.04 Å². The normalized spacial score (nSPS) is 13.0. The highest BCUT2D eigenvalue weighted by molar-refractivity contribution is 5.27. The van der Waals surface area contributed by atoms with Gasteiger partial charge in [-0.2, -0.15) is 0 Å². The van der Waals surface area contributed by atoms with Crippen LogP contribution < -0.4 is 11.3 Å². The number of hydrogen-bond acceptors (Lipinski definition) is 3. The molecule has 0 amide bonds. The van der Waals surface area contributed by atoms with E-state index in [9.17, 15) is 8.78 Å². The molecule has 0 aliphatic rings. The summed E-state index contributed by atoms with van der Waals surface area (Å²) in [5.74, 6) is 3.88. The number of benzene rings is 1. The lowest BCUT2D eigenvalue weighted by Crippen LogP contribution is -2.33. The van der Waals surface area contributed by atoms with E-state index in [1.807, 2.05) is 0 Å². The van der Waals surface area contributed by atoms with Gasteiger partial charge in [0, 0.05) is 5.56 Å². The standard InChI is InChI=1S/C14H23F2N3/c1-4-19(5-2)9-8-12(18-17)11-7-6-10(3)13(15)14(11)16/h6-7,12,18H,4-5,8-9,17H2,1-3H3. The van der Waals surface area contributed by atoms with Crippen molar-refractivity contribution >= 4 is 0 Å². The lowest BCUT2D eigenvalue weighted by Gasteiger charge is -2.23. The van der Waals surface area contributed by atoms with E-state index in [4.69, 9.17) is 5.84 Å². The van der Waals surface area contributed by atoms with E-state index in [-0.39, 0.29) is 11.6 Å². The fourth-order valence-electron chi connectivity index (χ4n) is 2.11. The van der Waals surface area contributed by atoms with Crippen LogP contribution in [0.15, 0.2) is 12.1 Å². The van der Waals surface area contributed by atoms with Crippen molar-refractivity contribution in [2.75, 3.05) is 19.6 Å². The van der Waals surface area contributed by atoms with Crippen LogP contribution >= 0.6 is 0 Å². The van der Waals surface area contributed by atoms with E-state index in [1.54, 1.807) is 19.1 Å². The van der Waals surface area contributed by atoms with E-state index < -0.39 is 11.6 Å². The summed E-state index contributed by atoms with van der Waals surface area (Å²) in [5, 5.41) is 0. The Morgan fingerprint density at radius 2 is 1.84 bits per heavy atom. The van der Waals surface area contributed by atoms with Gasteiger partial charge in [-0.25, -0.2) is 8.78 Å². The zero-order valence-corrected chi connectivity index (χ0v) is 11.8. The van der Waals surface area contributed by atoms with E-state index >= 15 is 0 Å². The van der Waals surface area contributed by atoms with Crippen LogP contribution in [0, 0.1) is 18.6 Å². The van der Waals surface area contributed by atoms with Gasteiger partial charge in [-0.05, 0) is 38.5 Å². The molecule has 5 heteroatoms. The molecule has 0 radical (unpaired) electrons. The van der Waals surface area contributed by atoms with Crippen LogP contribution in [0.2, 0.25) is 0 Å². The minimum Gasteiger partial charge on any atom is -0.304 e. The maximum absolute atomic E-state index is 13.9. The van der Waals surface area contributed by atoms with Gasteiger partial charge in [0.15, 0.2) is 11.6 Å². The maximum Gasteiger partial charge on any atom is 0.163 e. The van der Waals surface area contributed by atoms with Crippen molar-refractivity contribution in [3.63, 3.8) is 0 Å². The number of rotatable bonds is 7. The fourth-order valence-corrected chi connectivity index (χ4v) is 2.11. The van der Waals surface area contributed by atoms with Crippen LogP contribution in [0.1, 0.15) is 37.4 Å². The molecule has 1 unspecified atom stereocenters. The molecule has 0 aliphatic heterocycles. The summed E-state index contributed by atoms with van der Waals surface area (Å²) < 4.78 is 27.5. The van der Waals surface area contributed by atoms with Crippen molar-refractivity contribution in [1.82, 2.24) is 10.3 Å². The van der Waals surface area contributed by atoms with Gasteiger partial charge in [-0.1, -0.05) is 26.0 Å². The predicted molar refractivity (Wildman–Crippen MR) is 73.6 cm³/mol. The van der Waals surface area contributed by atoms with E-state index in [0.717, 1.165) is 19.6 Å². The van der Waals surface area contributed by atoms with Gasteiger partial charge in [0.1, 0.15) is 0 Å². The molecule has 1 aromatic carbocycles. The third-order valence-corrected chi connectivity index (χ3v) is 3.51. The molecule has 108 valence electrons. The average molecular weight is 271 g/mol. The number of hydrogen-bond donors (Lipinski definition) is 2. The molecular weight excluding hydrogens is 248 g/mol. The molecule has 0 saturated carbocycles. The predicted octanol–water partition coefficient (Wildman–Crippen LogP) is 2.51. The maximum atomic E-state index is 13.9. The Balaban J connectivity index is 2.83. The van der Waals surface area contributed by atoms with Crippen molar-refractivity contribution in [1.29, 1.82) is 0 Å². The highest BCUT2D eigenvalue weighted by Gasteiger charge is 2.19. The van der Waals surface area contributed by atoms with Crippen molar-refractivity contribution in [3.8, 4) is 0 Å². The summed E-state index contributed by atoms with van der Waals surface area (Å²) in [5.41, 5.74) is 3.17. The van der Waals surface area contributed by atoms with Crippen LogP contribution in [0.3, 0.4) is 0 Å². The van der Waals surface area contributed by atoms with Gasteiger partial charge in [0.25, 0.3) is 0 Å². The Labute approximate surface area is 113 Å². The third kappa shape index (κ3) is 3.96. The molecular formula is C14H23F2N3. The molecule has 0 spiro atoms. The lowest BCUT2D eigenvalue weighted by atomic mass is 10.0. The zero-order valence-electron chi connectivity index (χ0n) is 11.8. The van der Waals surface area contributed by atoms with Gasteiger partial charge >= 0.3 is 0 Å². The van der Waals surface area contributed by atoms with Gasteiger partial charge in [-0.3, -0.25) is 11.3 Å². The Bertz CT molecular complexity index is 406. The van der Waals surface area contributed by atoms with Crippen LogP contribution in [0.4, 0.5) is 8.78 Å². The Hall–Kier alpha value is -1.04. The minimum atomic E-state index is -0.803. The van der Waals surface area contributed by atoms with Crippen LogP contribution in [-0.4, -0.2) is 24.5 Å². The van der Waals surface area contributed by atoms with Gasteiger partial charge in [-0.15, -0.1) is 0 Å². The summed E-state index contributed by atoms with van der Waals surface area (Å²) in [4.78, 5) is 2.22. The first kappa shape index (κ1) is 16.0. The highest BCUT2D eigenvalue weighted by Crippen LogP contribution is 2.23. The smallest absolute Gasteiger partial charge is 0.163 e. The molecule has 0 fully saturated rings. The Kier molecular flexibility index (Phi) is 6.34.